The maximum Gasteiger partial charge on any atom is 0.228 e. The molecule has 4 nitrogen and oxygen atoms in total. The van der Waals surface area contributed by atoms with Crippen molar-refractivity contribution in [3.05, 3.63) is 59.7 Å². The average Bonchev–Trinajstić information content (AvgIpc) is 3.06. The maximum absolute atomic E-state index is 13.4. The van der Waals surface area contributed by atoms with Gasteiger partial charge in [-0.15, -0.1) is 0 Å². The highest BCUT2D eigenvalue weighted by atomic mass is 16.7. The second-order valence-corrected chi connectivity index (χ2v) is 9.57. The number of likely N-dealkylation sites (tertiary alicyclic amines) is 1. The van der Waals surface area contributed by atoms with Gasteiger partial charge in [-0.1, -0.05) is 63.2 Å². The van der Waals surface area contributed by atoms with E-state index in [1.54, 1.807) is 0 Å². The summed E-state index contributed by atoms with van der Waals surface area (Å²) in [6.45, 7) is 9.64. The van der Waals surface area contributed by atoms with Gasteiger partial charge in [0.1, 0.15) is 0 Å². The summed E-state index contributed by atoms with van der Waals surface area (Å²) in [5, 5.41) is 2.00. The van der Waals surface area contributed by atoms with Crippen molar-refractivity contribution in [2.75, 3.05) is 20.2 Å². The predicted octanol–water partition coefficient (Wildman–Crippen LogP) is 4.84. The van der Waals surface area contributed by atoms with Gasteiger partial charge in [-0.05, 0) is 41.7 Å². The van der Waals surface area contributed by atoms with Crippen molar-refractivity contribution in [1.82, 2.24) is 9.96 Å². The molecule has 2 saturated heterocycles. The molecule has 4 heteroatoms. The molecule has 0 N–H and O–H groups in total. The zero-order valence-corrected chi connectivity index (χ0v) is 18.2. The molecule has 2 heterocycles. The standard InChI is InChI=1S/C25H32N2O2/c1-17-9-6-7-12-21(17)18-10-8-11-19(13-18)23-14-22-20(16-29-26(22)5)15-27(23)24(28)25(2,3)4/h6-13,20,22-23H,14-16H2,1-5H3/t20-,22-,23-/m0/s1. The quantitative estimate of drug-likeness (QED) is 0.733. The van der Waals surface area contributed by atoms with Gasteiger partial charge in [-0.25, -0.2) is 0 Å². The Kier molecular flexibility index (Phi) is 5.26. The molecule has 0 aliphatic carbocycles. The molecule has 0 unspecified atom stereocenters. The van der Waals surface area contributed by atoms with Crippen LogP contribution in [0.4, 0.5) is 0 Å². The molecule has 2 aliphatic rings. The number of piperidine rings is 1. The van der Waals surface area contributed by atoms with E-state index in [0.717, 1.165) is 13.0 Å². The summed E-state index contributed by atoms with van der Waals surface area (Å²) in [5.41, 5.74) is 4.53. The summed E-state index contributed by atoms with van der Waals surface area (Å²) in [5.74, 6) is 0.596. The van der Waals surface area contributed by atoms with E-state index in [4.69, 9.17) is 4.84 Å². The van der Waals surface area contributed by atoms with Crippen LogP contribution in [0.5, 0.6) is 0 Å². The normalized spacial score (nSPS) is 25.1. The van der Waals surface area contributed by atoms with E-state index in [1.807, 2.05) is 32.9 Å². The molecule has 4 rings (SSSR count). The van der Waals surface area contributed by atoms with Crippen LogP contribution in [-0.4, -0.2) is 42.1 Å². The molecular formula is C25H32N2O2. The van der Waals surface area contributed by atoms with E-state index >= 15 is 0 Å². The van der Waals surface area contributed by atoms with Crippen molar-refractivity contribution < 1.29 is 9.63 Å². The van der Waals surface area contributed by atoms with Crippen molar-refractivity contribution in [2.45, 2.75) is 46.2 Å². The molecule has 2 aliphatic heterocycles. The molecule has 1 amide bonds. The molecule has 2 aromatic carbocycles. The molecular weight excluding hydrogens is 360 g/mol. The number of rotatable bonds is 2. The Hall–Kier alpha value is -2.17. The predicted molar refractivity (Wildman–Crippen MR) is 116 cm³/mol. The first-order chi connectivity index (χ1) is 13.8. The van der Waals surface area contributed by atoms with Crippen LogP contribution in [-0.2, 0) is 9.63 Å². The van der Waals surface area contributed by atoms with Gasteiger partial charge in [0.05, 0.1) is 12.6 Å². The Balaban J connectivity index is 1.73. The fourth-order valence-electron chi connectivity index (χ4n) is 4.75. The van der Waals surface area contributed by atoms with E-state index in [9.17, 15) is 4.79 Å². The van der Waals surface area contributed by atoms with Gasteiger partial charge in [-0.2, -0.15) is 5.06 Å². The fourth-order valence-corrected chi connectivity index (χ4v) is 4.75. The lowest BCUT2D eigenvalue weighted by Gasteiger charge is -2.44. The van der Waals surface area contributed by atoms with E-state index in [1.165, 1.54) is 22.3 Å². The molecule has 0 saturated carbocycles. The number of hydrogen-bond donors (Lipinski definition) is 0. The first kappa shape index (κ1) is 20.1. The first-order valence-electron chi connectivity index (χ1n) is 10.6. The van der Waals surface area contributed by atoms with Gasteiger partial charge in [-0.3, -0.25) is 9.63 Å². The number of hydrogen-bond acceptors (Lipinski definition) is 3. The minimum Gasteiger partial charge on any atom is -0.335 e. The zero-order chi connectivity index (χ0) is 20.8. The van der Waals surface area contributed by atoms with E-state index < -0.39 is 5.41 Å². The SMILES string of the molecule is Cc1ccccc1-c1cccc([C@@H]2C[C@H]3[C@H](CON3C)CN2C(=O)C(C)(C)C)c1. The Morgan fingerprint density at radius 3 is 2.59 bits per heavy atom. The molecule has 2 aromatic rings. The van der Waals surface area contributed by atoms with Crippen molar-refractivity contribution in [3.8, 4) is 11.1 Å². The average molecular weight is 393 g/mol. The van der Waals surface area contributed by atoms with Crippen LogP contribution >= 0.6 is 0 Å². The van der Waals surface area contributed by atoms with Crippen molar-refractivity contribution in [2.24, 2.45) is 11.3 Å². The highest BCUT2D eigenvalue weighted by Gasteiger charge is 2.45. The van der Waals surface area contributed by atoms with Crippen molar-refractivity contribution >= 4 is 5.91 Å². The van der Waals surface area contributed by atoms with Crippen LogP contribution in [0.15, 0.2) is 48.5 Å². The van der Waals surface area contributed by atoms with Crippen LogP contribution in [0.2, 0.25) is 0 Å². The minimum absolute atomic E-state index is 0.0658. The molecule has 0 bridgehead atoms. The highest BCUT2D eigenvalue weighted by molar-refractivity contribution is 5.82. The monoisotopic (exact) mass is 392 g/mol. The number of nitrogens with zero attached hydrogens (tertiary/aromatic N) is 2. The van der Waals surface area contributed by atoms with Gasteiger partial charge in [0.2, 0.25) is 5.91 Å². The summed E-state index contributed by atoms with van der Waals surface area (Å²) in [6, 6.07) is 17.6. The van der Waals surface area contributed by atoms with E-state index in [0.29, 0.717) is 18.6 Å². The maximum atomic E-state index is 13.4. The van der Waals surface area contributed by atoms with E-state index in [2.05, 4.69) is 60.4 Å². The number of amides is 1. The number of fused-ring (bicyclic) bond motifs is 1. The van der Waals surface area contributed by atoms with Crippen LogP contribution in [0, 0.1) is 18.3 Å². The Morgan fingerprint density at radius 2 is 1.86 bits per heavy atom. The lowest BCUT2D eigenvalue weighted by molar-refractivity contribution is -0.147. The van der Waals surface area contributed by atoms with Gasteiger partial charge in [0, 0.05) is 31.0 Å². The fraction of sp³-hybridized carbons (Fsp3) is 0.480. The van der Waals surface area contributed by atoms with Crippen LogP contribution in [0.25, 0.3) is 11.1 Å². The lowest BCUT2D eigenvalue weighted by atomic mass is 9.82. The molecule has 3 atom stereocenters. The number of carbonyl (C=O) groups is 1. The van der Waals surface area contributed by atoms with Crippen molar-refractivity contribution in [3.63, 3.8) is 0 Å². The second kappa shape index (κ2) is 7.58. The van der Waals surface area contributed by atoms with Gasteiger partial charge in [0.25, 0.3) is 0 Å². The third-order valence-electron chi connectivity index (χ3n) is 6.41. The lowest BCUT2D eigenvalue weighted by Crippen LogP contribution is -2.52. The Bertz CT molecular complexity index is 902. The molecule has 0 radical (unpaired) electrons. The van der Waals surface area contributed by atoms with Crippen molar-refractivity contribution in [1.29, 1.82) is 0 Å². The number of benzene rings is 2. The third-order valence-corrected chi connectivity index (χ3v) is 6.41. The van der Waals surface area contributed by atoms with E-state index in [-0.39, 0.29) is 11.9 Å². The summed E-state index contributed by atoms with van der Waals surface area (Å²) in [6.07, 6.45) is 0.903. The summed E-state index contributed by atoms with van der Waals surface area (Å²) in [4.78, 5) is 21.3. The Morgan fingerprint density at radius 1 is 1.10 bits per heavy atom. The van der Waals surface area contributed by atoms with Crippen LogP contribution in [0.3, 0.4) is 0 Å². The van der Waals surface area contributed by atoms with Crippen LogP contribution in [0.1, 0.15) is 44.4 Å². The zero-order valence-electron chi connectivity index (χ0n) is 18.2. The minimum atomic E-state index is -0.399. The Labute approximate surface area is 174 Å². The molecule has 154 valence electrons. The summed E-state index contributed by atoms with van der Waals surface area (Å²) < 4.78 is 0. The topological polar surface area (TPSA) is 32.8 Å². The first-order valence-corrected chi connectivity index (χ1v) is 10.6. The summed E-state index contributed by atoms with van der Waals surface area (Å²) in [7, 11) is 2.02. The molecule has 29 heavy (non-hydrogen) atoms. The van der Waals surface area contributed by atoms with Crippen LogP contribution < -0.4 is 0 Å². The summed E-state index contributed by atoms with van der Waals surface area (Å²) >= 11 is 0. The molecule has 0 spiro atoms. The van der Waals surface area contributed by atoms with Gasteiger partial charge < -0.3 is 4.90 Å². The molecule has 0 aromatic heterocycles. The number of aryl methyl sites for hydroxylation is 1. The second-order valence-electron chi connectivity index (χ2n) is 9.57. The molecule has 2 fully saturated rings. The van der Waals surface area contributed by atoms with Gasteiger partial charge in [0.15, 0.2) is 0 Å². The number of carbonyl (C=O) groups excluding carboxylic acids is 1. The van der Waals surface area contributed by atoms with Gasteiger partial charge >= 0.3 is 0 Å². The smallest absolute Gasteiger partial charge is 0.228 e. The largest absolute Gasteiger partial charge is 0.335 e. The highest BCUT2D eigenvalue weighted by Crippen LogP contribution is 2.41. The number of hydroxylamine groups is 2. The third kappa shape index (κ3) is 3.84.